The Morgan fingerprint density at radius 3 is 2.35 bits per heavy atom. The van der Waals surface area contributed by atoms with E-state index < -0.39 is 24.2 Å². The normalized spacial score (nSPS) is 15.1. The fraction of sp³-hybridized carbons (Fsp3) is 0.273. The molecule has 0 aliphatic rings. The van der Waals surface area contributed by atoms with E-state index in [0.29, 0.717) is 10.7 Å². The highest BCUT2D eigenvalue weighted by Gasteiger charge is 2.54. The third kappa shape index (κ3) is 4.39. The second-order valence-corrected chi connectivity index (χ2v) is 4.31. The third-order valence-corrected chi connectivity index (χ3v) is 2.48. The number of carbonyl (C=O) groups is 1. The number of hydrogen-bond acceptors (Lipinski definition) is 4. The minimum absolute atomic E-state index is 0.107. The Morgan fingerprint density at radius 2 is 1.90 bits per heavy atom. The summed E-state index contributed by atoms with van der Waals surface area (Å²) in [5.41, 5.74) is -0.988. The molecular weight excluding hydrogens is 301 g/mol. The van der Waals surface area contributed by atoms with Crippen LogP contribution in [0.15, 0.2) is 29.4 Å². The molecule has 1 unspecified atom stereocenters. The summed E-state index contributed by atoms with van der Waals surface area (Å²) < 4.78 is 37.8. The number of aliphatic carboxylic acids is 1. The van der Waals surface area contributed by atoms with E-state index in [9.17, 15) is 23.1 Å². The summed E-state index contributed by atoms with van der Waals surface area (Å²) in [7, 11) is 0. The monoisotopic (exact) mass is 310 g/mol. The molecule has 20 heavy (non-hydrogen) atoms. The number of anilines is 1. The van der Waals surface area contributed by atoms with Gasteiger partial charge >= 0.3 is 12.1 Å². The predicted molar refractivity (Wildman–Crippen MR) is 66.8 cm³/mol. The molecule has 1 atom stereocenters. The van der Waals surface area contributed by atoms with Crippen LogP contribution in [0.25, 0.3) is 0 Å². The summed E-state index contributed by atoms with van der Waals surface area (Å²) in [6.07, 6.45) is -6.59. The van der Waals surface area contributed by atoms with Gasteiger partial charge in [0, 0.05) is 5.02 Å². The van der Waals surface area contributed by atoms with Gasteiger partial charge in [0.25, 0.3) is 0 Å². The van der Waals surface area contributed by atoms with E-state index in [0.717, 1.165) is 0 Å². The number of alkyl halides is 3. The summed E-state index contributed by atoms with van der Waals surface area (Å²) in [4.78, 5) is 10.4. The van der Waals surface area contributed by atoms with E-state index in [2.05, 4.69) is 10.5 Å². The molecule has 0 fully saturated rings. The first-order chi connectivity index (χ1) is 9.14. The number of carboxylic acid groups (broad SMARTS) is 1. The molecular formula is C11H10ClF3N2O3. The standard InChI is InChI=1S/C11H10ClF3N2O3/c12-7-1-3-8(4-2-7)17-16-6-10(20,5-9(18)19)11(13,14)15/h1-4,6,17,20H,5H2,(H,18,19)/b16-6-. The van der Waals surface area contributed by atoms with Gasteiger partial charge in [-0.1, -0.05) is 11.6 Å². The molecule has 0 spiro atoms. The van der Waals surface area contributed by atoms with Crippen molar-refractivity contribution in [3.63, 3.8) is 0 Å². The molecule has 1 aromatic rings. The number of nitrogens with one attached hydrogen (secondary N) is 1. The number of hydrazone groups is 1. The zero-order chi connectivity index (χ0) is 15.4. The van der Waals surface area contributed by atoms with Gasteiger partial charge in [0.1, 0.15) is 0 Å². The van der Waals surface area contributed by atoms with Crippen molar-refractivity contribution in [2.24, 2.45) is 5.10 Å². The van der Waals surface area contributed by atoms with Gasteiger partial charge in [-0.2, -0.15) is 18.3 Å². The van der Waals surface area contributed by atoms with Gasteiger partial charge in [-0.25, -0.2) is 0 Å². The Bertz CT molecular complexity index is 505. The van der Waals surface area contributed by atoms with Gasteiger partial charge in [0.2, 0.25) is 5.60 Å². The molecule has 0 heterocycles. The van der Waals surface area contributed by atoms with Gasteiger partial charge in [0.05, 0.1) is 18.3 Å². The largest absolute Gasteiger partial charge is 0.481 e. The second kappa shape index (κ2) is 6.10. The van der Waals surface area contributed by atoms with Gasteiger partial charge < -0.3 is 10.2 Å². The highest BCUT2D eigenvalue weighted by Crippen LogP contribution is 2.31. The van der Waals surface area contributed by atoms with Gasteiger partial charge in [-0.05, 0) is 24.3 Å². The molecule has 0 aliphatic heterocycles. The maximum Gasteiger partial charge on any atom is 0.423 e. The van der Waals surface area contributed by atoms with Crippen LogP contribution in [-0.2, 0) is 4.79 Å². The number of nitrogens with zero attached hydrogens (tertiary/aromatic N) is 1. The van der Waals surface area contributed by atoms with Crippen molar-refractivity contribution in [3.8, 4) is 0 Å². The lowest BCUT2D eigenvalue weighted by Gasteiger charge is -2.24. The summed E-state index contributed by atoms with van der Waals surface area (Å²) in [5, 5.41) is 21.4. The molecule has 9 heteroatoms. The predicted octanol–water partition coefficient (Wildman–Crippen LogP) is 2.51. The first kappa shape index (κ1) is 16.3. The van der Waals surface area contributed by atoms with Crippen LogP contribution < -0.4 is 5.43 Å². The van der Waals surface area contributed by atoms with E-state index in [1.54, 1.807) is 0 Å². The van der Waals surface area contributed by atoms with Crippen LogP contribution in [0.5, 0.6) is 0 Å². The topological polar surface area (TPSA) is 81.9 Å². The number of hydrogen-bond donors (Lipinski definition) is 3. The number of carboxylic acids is 1. The van der Waals surface area contributed by atoms with Crippen LogP contribution in [0.3, 0.4) is 0 Å². The zero-order valence-electron chi connectivity index (χ0n) is 9.86. The molecule has 0 radical (unpaired) electrons. The molecule has 110 valence electrons. The van der Waals surface area contributed by atoms with Crippen molar-refractivity contribution < 1.29 is 28.2 Å². The van der Waals surface area contributed by atoms with Crippen LogP contribution in [-0.4, -0.2) is 34.2 Å². The Balaban J connectivity index is 2.82. The summed E-state index contributed by atoms with van der Waals surface area (Å²) in [6.45, 7) is 0. The molecule has 0 bridgehead atoms. The van der Waals surface area contributed by atoms with E-state index in [1.807, 2.05) is 0 Å². The molecule has 1 aromatic carbocycles. The Morgan fingerprint density at radius 1 is 1.35 bits per heavy atom. The highest BCUT2D eigenvalue weighted by molar-refractivity contribution is 6.30. The van der Waals surface area contributed by atoms with Crippen molar-refractivity contribution >= 4 is 29.5 Å². The van der Waals surface area contributed by atoms with E-state index in [4.69, 9.17) is 16.7 Å². The lowest BCUT2D eigenvalue weighted by molar-refractivity contribution is -0.232. The molecule has 0 saturated carbocycles. The quantitative estimate of drug-likeness (QED) is 0.576. The smallest absolute Gasteiger partial charge is 0.423 e. The van der Waals surface area contributed by atoms with Crippen LogP contribution >= 0.6 is 11.6 Å². The van der Waals surface area contributed by atoms with Gasteiger partial charge in [-0.3, -0.25) is 10.2 Å². The Kier molecular flexibility index (Phi) is 4.96. The minimum Gasteiger partial charge on any atom is -0.481 e. The maximum atomic E-state index is 12.6. The first-order valence-corrected chi connectivity index (χ1v) is 5.58. The van der Waals surface area contributed by atoms with Gasteiger partial charge in [-0.15, -0.1) is 0 Å². The Hall–Kier alpha value is -1.80. The van der Waals surface area contributed by atoms with E-state index in [-0.39, 0.29) is 6.21 Å². The van der Waals surface area contributed by atoms with Crippen molar-refractivity contribution in [1.29, 1.82) is 0 Å². The molecule has 5 nitrogen and oxygen atoms in total. The maximum absolute atomic E-state index is 12.6. The zero-order valence-corrected chi connectivity index (χ0v) is 10.6. The second-order valence-electron chi connectivity index (χ2n) is 3.87. The fourth-order valence-corrected chi connectivity index (χ4v) is 1.31. The average molecular weight is 311 g/mol. The van der Waals surface area contributed by atoms with Crippen molar-refractivity contribution in [2.45, 2.75) is 18.2 Å². The molecule has 1 rings (SSSR count). The van der Waals surface area contributed by atoms with E-state index >= 15 is 0 Å². The lowest BCUT2D eigenvalue weighted by Crippen LogP contribution is -2.48. The van der Waals surface area contributed by atoms with Crippen LogP contribution in [0.1, 0.15) is 6.42 Å². The van der Waals surface area contributed by atoms with Crippen LogP contribution in [0, 0.1) is 0 Å². The molecule has 0 amide bonds. The van der Waals surface area contributed by atoms with Crippen LogP contribution in [0.2, 0.25) is 5.02 Å². The fourth-order valence-electron chi connectivity index (χ4n) is 1.19. The van der Waals surface area contributed by atoms with Crippen molar-refractivity contribution in [1.82, 2.24) is 0 Å². The SMILES string of the molecule is O=C(O)CC(O)(/C=N\Nc1ccc(Cl)cc1)C(F)(F)F. The molecule has 0 aromatic heterocycles. The highest BCUT2D eigenvalue weighted by atomic mass is 35.5. The molecule has 0 aliphatic carbocycles. The van der Waals surface area contributed by atoms with Crippen molar-refractivity contribution in [2.75, 3.05) is 5.43 Å². The number of aliphatic hydroxyl groups is 1. The van der Waals surface area contributed by atoms with Crippen molar-refractivity contribution in [3.05, 3.63) is 29.3 Å². The average Bonchev–Trinajstić information content (AvgIpc) is 2.29. The summed E-state index contributed by atoms with van der Waals surface area (Å²) in [6, 6.07) is 5.85. The summed E-state index contributed by atoms with van der Waals surface area (Å²) >= 11 is 5.62. The lowest BCUT2D eigenvalue weighted by atomic mass is 10.0. The molecule has 3 N–H and O–H groups in total. The van der Waals surface area contributed by atoms with Gasteiger partial charge in [0.15, 0.2) is 0 Å². The Labute approximate surface area is 116 Å². The third-order valence-electron chi connectivity index (χ3n) is 2.23. The van der Waals surface area contributed by atoms with Crippen LogP contribution in [0.4, 0.5) is 18.9 Å². The number of benzene rings is 1. The number of rotatable bonds is 5. The molecule has 0 saturated heterocycles. The number of halogens is 4. The first-order valence-electron chi connectivity index (χ1n) is 5.21. The van der Waals surface area contributed by atoms with E-state index in [1.165, 1.54) is 24.3 Å². The summed E-state index contributed by atoms with van der Waals surface area (Å²) in [5.74, 6) is -1.80. The minimum atomic E-state index is -5.16.